The van der Waals surface area contributed by atoms with Crippen LogP contribution < -0.4 is 10.3 Å². The van der Waals surface area contributed by atoms with Crippen molar-refractivity contribution in [3.63, 3.8) is 0 Å². The number of hydrogen-bond donors (Lipinski definition) is 1. The molecule has 43 heavy (non-hydrogen) atoms. The van der Waals surface area contributed by atoms with Gasteiger partial charge in [0.25, 0.3) is 5.56 Å². The molecule has 0 aliphatic rings. The number of nitrogens with zero attached hydrogens (tertiary/aromatic N) is 4. The van der Waals surface area contributed by atoms with Gasteiger partial charge in [-0.1, -0.05) is 11.6 Å². The van der Waals surface area contributed by atoms with Gasteiger partial charge in [0.1, 0.15) is 29.4 Å². The normalized spacial score (nSPS) is 12.0. The number of aryl methyl sites for hydroxylation is 1. The Hall–Kier alpha value is -4.07. The maximum absolute atomic E-state index is 15.6. The number of carboxylic acid groups (broad SMARTS) is 1. The predicted octanol–water partition coefficient (Wildman–Crippen LogP) is 6.63. The average molecular weight is 635 g/mol. The molecule has 0 fully saturated rings. The largest absolute Gasteiger partial charge is 0.491 e. The monoisotopic (exact) mass is 634 g/mol. The highest BCUT2D eigenvalue weighted by molar-refractivity contribution is 7.18. The highest BCUT2D eigenvalue weighted by atomic mass is 35.5. The summed E-state index contributed by atoms with van der Waals surface area (Å²) in [4.78, 5) is 34.7. The van der Waals surface area contributed by atoms with Gasteiger partial charge in [-0.15, -0.1) is 11.3 Å². The standard InChI is InChI=1S/C29H23ClF4N4O4S/c1-14-36-21-11-20(29(32,33)34)18(12-37(2)3)24(31)23(21)27(39)38(14)8-9-42-22-5-4-15(30)10-17(22)16-6-7-35-25-19(28(40)41)13-43-26(16)25/h4-7,10-11,13H,8-9,12H2,1-3H3,(H,40,41). The summed E-state index contributed by atoms with van der Waals surface area (Å²) in [6, 6.07) is 7.29. The van der Waals surface area contributed by atoms with Gasteiger partial charge in [-0.2, -0.15) is 13.2 Å². The zero-order chi connectivity index (χ0) is 31.2. The van der Waals surface area contributed by atoms with Gasteiger partial charge in [-0.3, -0.25) is 14.3 Å². The van der Waals surface area contributed by atoms with Crippen molar-refractivity contribution in [2.24, 2.45) is 0 Å². The number of hydrogen-bond acceptors (Lipinski definition) is 7. The van der Waals surface area contributed by atoms with Gasteiger partial charge >= 0.3 is 12.1 Å². The van der Waals surface area contributed by atoms with E-state index in [9.17, 15) is 27.9 Å². The summed E-state index contributed by atoms with van der Waals surface area (Å²) in [5.74, 6) is -1.91. The van der Waals surface area contributed by atoms with Crippen molar-refractivity contribution in [1.29, 1.82) is 0 Å². The van der Waals surface area contributed by atoms with E-state index in [1.165, 1.54) is 48.8 Å². The molecule has 0 spiro atoms. The Morgan fingerprint density at radius 2 is 1.93 bits per heavy atom. The highest BCUT2D eigenvalue weighted by Gasteiger charge is 2.36. The lowest BCUT2D eigenvalue weighted by molar-refractivity contribution is -0.138. The number of halogens is 5. The van der Waals surface area contributed by atoms with Crippen molar-refractivity contribution < 1.29 is 32.2 Å². The van der Waals surface area contributed by atoms with Crippen LogP contribution in [0.1, 0.15) is 27.3 Å². The van der Waals surface area contributed by atoms with E-state index in [0.29, 0.717) is 38.2 Å². The number of pyridine rings is 1. The van der Waals surface area contributed by atoms with Gasteiger partial charge in [0, 0.05) is 39.8 Å². The Balaban J connectivity index is 1.51. The maximum atomic E-state index is 15.6. The lowest BCUT2D eigenvalue weighted by Crippen LogP contribution is -2.28. The zero-order valence-corrected chi connectivity index (χ0v) is 24.5. The SMILES string of the molecule is Cc1nc2cc(C(F)(F)F)c(CN(C)C)c(F)c2c(=O)n1CCOc1ccc(Cl)cc1-c1ccnc2c(C(=O)O)csc12. The molecule has 14 heteroatoms. The molecule has 0 bridgehead atoms. The molecule has 3 aromatic heterocycles. The van der Waals surface area contributed by atoms with E-state index < -0.39 is 40.0 Å². The first-order valence-corrected chi connectivity index (χ1v) is 14.0. The third-order valence-electron chi connectivity index (χ3n) is 6.75. The van der Waals surface area contributed by atoms with Gasteiger partial charge in [0.2, 0.25) is 0 Å². The molecular weight excluding hydrogens is 612 g/mol. The Kier molecular flexibility index (Phi) is 8.16. The zero-order valence-electron chi connectivity index (χ0n) is 22.9. The van der Waals surface area contributed by atoms with Crippen molar-refractivity contribution in [2.45, 2.75) is 26.2 Å². The first kappa shape index (κ1) is 30.4. The van der Waals surface area contributed by atoms with Crippen LogP contribution >= 0.6 is 22.9 Å². The molecule has 0 radical (unpaired) electrons. The minimum atomic E-state index is -4.84. The number of rotatable bonds is 8. The van der Waals surface area contributed by atoms with Gasteiger partial charge in [-0.25, -0.2) is 14.2 Å². The maximum Gasteiger partial charge on any atom is 0.416 e. The van der Waals surface area contributed by atoms with Crippen LogP contribution in [-0.2, 0) is 19.3 Å². The number of alkyl halides is 3. The molecular formula is C29H23ClF4N4O4S. The number of ether oxygens (including phenoxy) is 1. The number of fused-ring (bicyclic) bond motifs is 2. The number of carbonyl (C=O) groups is 1. The Bertz CT molecular complexity index is 1960. The van der Waals surface area contributed by atoms with Crippen molar-refractivity contribution >= 4 is 50.0 Å². The van der Waals surface area contributed by atoms with E-state index in [1.54, 1.807) is 24.3 Å². The number of aromatic carboxylic acids is 1. The quantitative estimate of drug-likeness (QED) is 0.191. The third kappa shape index (κ3) is 5.79. The van der Waals surface area contributed by atoms with Gasteiger partial charge in [0.05, 0.1) is 33.4 Å². The summed E-state index contributed by atoms with van der Waals surface area (Å²) in [6.45, 7) is 0.895. The first-order valence-electron chi connectivity index (χ1n) is 12.7. The van der Waals surface area contributed by atoms with E-state index >= 15 is 4.39 Å². The number of thiophene rings is 1. The van der Waals surface area contributed by atoms with Crippen LogP contribution in [0.15, 0.2) is 46.7 Å². The first-order chi connectivity index (χ1) is 20.3. The second kappa shape index (κ2) is 11.5. The van der Waals surface area contributed by atoms with Crippen LogP contribution in [0.2, 0.25) is 5.02 Å². The third-order valence-corrected chi connectivity index (χ3v) is 7.98. The Morgan fingerprint density at radius 3 is 2.60 bits per heavy atom. The number of carboxylic acids is 1. The fourth-order valence-corrected chi connectivity index (χ4v) is 6.05. The molecule has 3 heterocycles. The van der Waals surface area contributed by atoms with Crippen molar-refractivity contribution in [3.8, 4) is 16.9 Å². The van der Waals surface area contributed by atoms with E-state index in [2.05, 4.69) is 9.97 Å². The predicted molar refractivity (Wildman–Crippen MR) is 156 cm³/mol. The van der Waals surface area contributed by atoms with Gasteiger partial charge < -0.3 is 14.7 Å². The van der Waals surface area contributed by atoms with Crippen LogP contribution in [0.25, 0.3) is 32.2 Å². The summed E-state index contributed by atoms with van der Waals surface area (Å²) in [7, 11) is 3.00. The molecule has 0 aliphatic heterocycles. The van der Waals surface area contributed by atoms with Crippen LogP contribution in [0.4, 0.5) is 17.6 Å². The summed E-state index contributed by atoms with van der Waals surface area (Å²) < 4.78 is 64.7. The highest BCUT2D eigenvalue weighted by Crippen LogP contribution is 2.40. The average Bonchev–Trinajstić information content (AvgIpc) is 3.36. The van der Waals surface area contributed by atoms with Crippen LogP contribution in [-0.4, -0.2) is 51.2 Å². The lowest BCUT2D eigenvalue weighted by Gasteiger charge is -2.19. The molecule has 8 nitrogen and oxygen atoms in total. The van der Waals surface area contributed by atoms with Gasteiger partial charge in [-0.05, 0) is 51.4 Å². The number of aromatic nitrogens is 3. The summed E-state index contributed by atoms with van der Waals surface area (Å²) in [5, 5.41) is 10.9. The summed E-state index contributed by atoms with van der Waals surface area (Å²) in [6.07, 6.45) is -3.36. The Morgan fingerprint density at radius 1 is 1.19 bits per heavy atom. The molecule has 224 valence electrons. The smallest absolute Gasteiger partial charge is 0.416 e. The molecule has 5 rings (SSSR count). The second-order valence-corrected chi connectivity index (χ2v) is 11.3. The molecule has 0 saturated carbocycles. The molecule has 5 aromatic rings. The minimum Gasteiger partial charge on any atom is -0.491 e. The molecule has 2 aromatic carbocycles. The van der Waals surface area contributed by atoms with Crippen LogP contribution in [0, 0.1) is 12.7 Å². The van der Waals surface area contributed by atoms with E-state index in [-0.39, 0.29) is 36.6 Å². The van der Waals surface area contributed by atoms with E-state index in [1.807, 2.05) is 0 Å². The number of benzene rings is 2. The second-order valence-electron chi connectivity index (χ2n) is 9.94. The molecule has 0 unspecified atom stereocenters. The molecule has 0 amide bonds. The Labute approximate surface area is 250 Å². The molecule has 0 saturated heterocycles. The lowest BCUT2D eigenvalue weighted by atomic mass is 10.0. The summed E-state index contributed by atoms with van der Waals surface area (Å²) >= 11 is 7.48. The molecule has 1 N–H and O–H groups in total. The molecule has 0 atom stereocenters. The van der Waals surface area contributed by atoms with Crippen molar-refractivity contribution in [3.05, 3.63) is 85.6 Å². The van der Waals surface area contributed by atoms with Crippen LogP contribution in [0.3, 0.4) is 0 Å². The van der Waals surface area contributed by atoms with Gasteiger partial charge in [0.15, 0.2) is 0 Å². The minimum absolute atomic E-state index is 0.0633. The van der Waals surface area contributed by atoms with E-state index in [4.69, 9.17) is 16.3 Å². The summed E-state index contributed by atoms with van der Waals surface area (Å²) in [5.41, 5.74) is -1.46. The van der Waals surface area contributed by atoms with Crippen molar-refractivity contribution in [1.82, 2.24) is 19.4 Å². The van der Waals surface area contributed by atoms with Crippen LogP contribution in [0.5, 0.6) is 5.75 Å². The van der Waals surface area contributed by atoms with Crippen molar-refractivity contribution in [2.75, 3.05) is 20.7 Å². The fourth-order valence-electron chi connectivity index (χ4n) is 4.86. The fraction of sp³-hybridized carbons (Fsp3) is 0.241. The topological polar surface area (TPSA) is 97.5 Å². The van der Waals surface area contributed by atoms with E-state index in [0.717, 1.165) is 4.57 Å². The molecule has 0 aliphatic carbocycles.